The molecule has 0 aromatic carbocycles. The minimum Gasteiger partial charge on any atom is -0.166 e. The molecule has 111 valence electrons. The molecule has 0 N–H and O–H groups in total. The summed E-state index contributed by atoms with van der Waals surface area (Å²) >= 11 is 8.24. The van der Waals surface area contributed by atoms with Crippen LogP contribution in [0.3, 0.4) is 0 Å². The zero-order valence-corrected chi connectivity index (χ0v) is 14.4. The fourth-order valence-corrected chi connectivity index (χ4v) is 2.05. The Bertz CT molecular complexity index is 120. The maximum absolute atomic E-state index is 5.46. The van der Waals surface area contributed by atoms with Gasteiger partial charge in [-0.2, -0.15) is 3.84 Å². The molecular formula is C12H26Cl2O3V. The fraction of sp³-hybridized carbons (Fsp3) is 1.00. The van der Waals surface area contributed by atoms with E-state index in [2.05, 4.69) is 41.4 Å². The Balaban J connectivity index is 0. The Hall–Kier alpha value is 1.04. The summed E-state index contributed by atoms with van der Waals surface area (Å²) in [5.41, 5.74) is 0. The molecule has 0 radical (unpaired) electrons. The van der Waals surface area contributed by atoms with E-state index in [1.54, 1.807) is 0 Å². The van der Waals surface area contributed by atoms with Crippen molar-refractivity contribution in [3.63, 3.8) is 0 Å². The molecule has 0 rings (SSSR count). The van der Waals surface area contributed by atoms with Crippen LogP contribution in [-0.2, 0) is 28.2 Å². The number of hydrogen-bond donors (Lipinski definition) is 0. The van der Waals surface area contributed by atoms with E-state index >= 15 is 0 Å². The summed E-state index contributed by atoms with van der Waals surface area (Å²) in [7, 11) is 0. The summed E-state index contributed by atoms with van der Waals surface area (Å²) < 4.78 is 14.1. The zero-order valence-electron chi connectivity index (χ0n) is 11.5. The summed E-state index contributed by atoms with van der Waals surface area (Å²) in [6.45, 7) is 6.25. The van der Waals surface area contributed by atoms with Crippen LogP contribution in [0.4, 0.5) is 0 Å². The van der Waals surface area contributed by atoms with E-state index in [4.69, 9.17) is 7.32 Å². The van der Waals surface area contributed by atoms with Gasteiger partial charge in [0.15, 0.2) is 0 Å². The predicted molar refractivity (Wildman–Crippen MR) is 73.0 cm³/mol. The minimum atomic E-state index is -0.286. The Morgan fingerprint density at radius 3 is 1.44 bits per heavy atom. The first-order valence-electron chi connectivity index (χ1n) is 6.67. The van der Waals surface area contributed by atoms with E-state index < -0.39 is 0 Å². The standard InChI is InChI=1S/2C6H13O.Cl2O.V/c2*1-2-3-4-5-6-7;1-3-2;/h2*2-6H2,1H3;;/q2*-1;;+2. The van der Waals surface area contributed by atoms with Gasteiger partial charge >= 0.3 is 103 Å². The minimum absolute atomic E-state index is 0.286. The van der Waals surface area contributed by atoms with Gasteiger partial charge in [-0.1, -0.05) is 0 Å². The number of rotatable bonds is 12. The fourth-order valence-electron chi connectivity index (χ4n) is 1.30. The molecule has 0 aliphatic heterocycles. The van der Waals surface area contributed by atoms with Crippen molar-refractivity contribution in [2.45, 2.75) is 65.2 Å². The molecule has 0 aliphatic carbocycles. The summed E-state index contributed by atoms with van der Waals surface area (Å²) in [5, 5.41) is 0. The van der Waals surface area contributed by atoms with Gasteiger partial charge in [0.1, 0.15) is 0 Å². The van der Waals surface area contributed by atoms with Crippen molar-refractivity contribution in [2.24, 2.45) is 0 Å². The normalized spacial score (nSPS) is 9.78. The van der Waals surface area contributed by atoms with Crippen LogP contribution >= 0.6 is 23.7 Å². The van der Waals surface area contributed by atoms with Crippen LogP contribution in [0, 0.1) is 0 Å². The van der Waals surface area contributed by atoms with E-state index in [0.29, 0.717) is 0 Å². The molecule has 18 heavy (non-hydrogen) atoms. The Kier molecular flexibility index (Phi) is 27.5. The molecule has 3 nitrogen and oxygen atoms in total. The van der Waals surface area contributed by atoms with Crippen LogP contribution in [0.1, 0.15) is 65.2 Å². The van der Waals surface area contributed by atoms with Gasteiger partial charge in [-0.15, -0.1) is 0 Å². The summed E-state index contributed by atoms with van der Waals surface area (Å²) in [4.78, 5) is 0. The first kappa shape index (κ1) is 21.3. The molecular weight excluding hydrogens is 314 g/mol. The largest absolute Gasteiger partial charge is 0.166 e. The smallest absolute Gasteiger partial charge is 0.0832 e. The molecule has 0 saturated carbocycles. The molecule has 0 aromatic heterocycles. The zero-order chi connectivity index (χ0) is 13.9. The Morgan fingerprint density at radius 2 is 1.11 bits per heavy atom. The topological polar surface area (TPSA) is 27.7 Å². The van der Waals surface area contributed by atoms with Crippen molar-refractivity contribution in [3.05, 3.63) is 0 Å². The van der Waals surface area contributed by atoms with Gasteiger partial charge < -0.3 is 0 Å². The summed E-state index contributed by atoms with van der Waals surface area (Å²) in [6.07, 6.45) is 10.2. The number of unbranched alkanes of at least 4 members (excludes halogenated alkanes) is 6. The van der Waals surface area contributed by atoms with Crippen molar-refractivity contribution in [2.75, 3.05) is 13.2 Å². The first-order chi connectivity index (χ1) is 8.83. The third kappa shape index (κ3) is 25.8. The molecule has 0 fully saturated rings. The third-order valence-corrected chi connectivity index (χ3v) is 3.18. The second-order valence-electron chi connectivity index (χ2n) is 3.92. The second-order valence-corrected chi connectivity index (χ2v) is 5.43. The third-order valence-electron chi connectivity index (χ3n) is 2.28. The molecule has 0 unspecified atom stereocenters. The van der Waals surface area contributed by atoms with Crippen molar-refractivity contribution in [3.8, 4) is 0 Å². The molecule has 6 heteroatoms. The molecule has 0 saturated heterocycles. The second kappa shape index (κ2) is 23.2. The van der Waals surface area contributed by atoms with Crippen LogP contribution in [0.5, 0.6) is 0 Å². The van der Waals surface area contributed by atoms with Gasteiger partial charge in [-0.05, 0) is 0 Å². The van der Waals surface area contributed by atoms with Crippen molar-refractivity contribution < 1.29 is 28.2 Å². The molecule has 0 aromatic rings. The SMILES string of the molecule is CCCCCC[O][V][O]CCCCCC.ClOCl. The van der Waals surface area contributed by atoms with E-state index in [1.807, 2.05) is 0 Å². The van der Waals surface area contributed by atoms with Crippen LogP contribution < -0.4 is 0 Å². The Labute approximate surface area is 130 Å². The molecule has 0 amide bonds. The van der Waals surface area contributed by atoms with Crippen molar-refractivity contribution in [1.29, 1.82) is 0 Å². The van der Waals surface area contributed by atoms with Gasteiger partial charge in [0, 0.05) is 0 Å². The van der Waals surface area contributed by atoms with Crippen LogP contribution in [0.25, 0.3) is 0 Å². The quantitative estimate of drug-likeness (QED) is 0.445. The van der Waals surface area contributed by atoms with E-state index in [1.165, 1.54) is 51.4 Å². The molecule has 0 atom stereocenters. The van der Waals surface area contributed by atoms with Gasteiger partial charge in [0.2, 0.25) is 0 Å². The number of hydrogen-bond acceptors (Lipinski definition) is 3. The summed E-state index contributed by atoms with van der Waals surface area (Å²) in [6, 6.07) is 0. The van der Waals surface area contributed by atoms with Gasteiger partial charge in [0.05, 0.1) is 23.7 Å². The average Bonchev–Trinajstić information content (AvgIpc) is 2.37. The van der Waals surface area contributed by atoms with Crippen LogP contribution in [-0.4, -0.2) is 13.2 Å². The van der Waals surface area contributed by atoms with Gasteiger partial charge in [-0.25, -0.2) is 0 Å². The van der Waals surface area contributed by atoms with E-state index in [0.717, 1.165) is 13.2 Å². The predicted octanol–water partition coefficient (Wildman–Crippen LogP) is 5.40. The molecule has 0 spiro atoms. The van der Waals surface area contributed by atoms with Crippen LogP contribution in [0.15, 0.2) is 0 Å². The van der Waals surface area contributed by atoms with Crippen LogP contribution in [0.2, 0.25) is 0 Å². The average molecular weight is 340 g/mol. The maximum atomic E-state index is 5.46. The monoisotopic (exact) mass is 339 g/mol. The summed E-state index contributed by atoms with van der Waals surface area (Å²) in [5.74, 6) is 0. The number of halogens is 2. The molecule has 0 aliphatic rings. The van der Waals surface area contributed by atoms with Gasteiger partial charge in [0.25, 0.3) is 0 Å². The van der Waals surface area contributed by atoms with E-state index in [-0.39, 0.29) is 17.0 Å². The van der Waals surface area contributed by atoms with Crippen molar-refractivity contribution >= 4 is 23.7 Å². The van der Waals surface area contributed by atoms with Gasteiger partial charge in [-0.3, -0.25) is 0 Å². The van der Waals surface area contributed by atoms with E-state index in [9.17, 15) is 0 Å². The maximum Gasteiger partial charge on any atom is 0.0832 e. The first-order valence-corrected chi connectivity index (χ1v) is 8.42. The molecule has 0 bridgehead atoms. The molecule has 0 heterocycles. The van der Waals surface area contributed by atoms with Crippen molar-refractivity contribution in [1.82, 2.24) is 0 Å². The Morgan fingerprint density at radius 1 is 0.722 bits per heavy atom.